The van der Waals surface area contributed by atoms with E-state index in [0.717, 1.165) is 12.8 Å². The van der Waals surface area contributed by atoms with Crippen LogP contribution in [0.4, 0.5) is 0 Å². The molecule has 3 aromatic carbocycles. The summed E-state index contributed by atoms with van der Waals surface area (Å²) in [6.07, 6.45) is 4.56. The van der Waals surface area contributed by atoms with Gasteiger partial charge in [-0.15, -0.1) is 29.0 Å². The number of hydrogen-bond donors (Lipinski definition) is 0. The summed E-state index contributed by atoms with van der Waals surface area (Å²) in [4.78, 5) is 0. The fourth-order valence-corrected chi connectivity index (χ4v) is 2.03. The summed E-state index contributed by atoms with van der Waals surface area (Å²) < 4.78 is 0. The maximum absolute atomic E-state index is 3.60. The molecule has 0 aliphatic rings. The zero-order valence-electron chi connectivity index (χ0n) is 15.1. The summed E-state index contributed by atoms with van der Waals surface area (Å²) in [5.41, 5.74) is 2.60. The van der Waals surface area contributed by atoms with Crippen LogP contribution in [-0.2, 0) is 26.2 Å². The van der Waals surface area contributed by atoms with Crippen LogP contribution < -0.4 is 0 Å². The minimum absolute atomic E-state index is 0. The molecule has 0 spiro atoms. The molecule has 3 rings (SSSR count). The van der Waals surface area contributed by atoms with E-state index < -0.39 is 0 Å². The van der Waals surface area contributed by atoms with Crippen LogP contribution in [0.25, 0.3) is 21.9 Å². The first kappa shape index (κ1) is 22.9. The molecule has 0 amide bonds. The molecule has 0 aromatic heterocycles. The second kappa shape index (κ2) is 14.3. The van der Waals surface area contributed by atoms with Gasteiger partial charge in [0.1, 0.15) is 0 Å². The molecule has 1 radical (unpaired) electrons. The molecule has 0 heterocycles. The molecule has 0 nitrogen and oxygen atoms in total. The van der Waals surface area contributed by atoms with Crippen LogP contribution in [0.5, 0.6) is 0 Å². The summed E-state index contributed by atoms with van der Waals surface area (Å²) in [5.74, 6) is 0. The molecular formula is C23H29Zr. The quantitative estimate of drug-likeness (QED) is 0.403. The Bertz CT molecular complexity index is 629. The zero-order valence-corrected chi connectivity index (χ0v) is 17.6. The normalized spacial score (nSPS) is 9.17. The Balaban J connectivity index is 0.000000503. The predicted molar refractivity (Wildman–Crippen MR) is 106 cm³/mol. The fraction of sp³-hybridized carbons (Fsp3) is 0.261. The second-order valence-electron chi connectivity index (χ2n) is 5.41. The van der Waals surface area contributed by atoms with Crippen molar-refractivity contribution >= 4 is 10.8 Å². The summed E-state index contributed by atoms with van der Waals surface area (Å²) in [5, 5.41) is 2.65. The van der Waals surface area contributed by atoms with Crippen molar-refractivity contribution in [2.24, 2.45) is 0 Å². The molecule has 0 bridgehead atoms. The topological polar surface area (TPSA) is 0 Å². The van der Waals surface area contributed by atoms with Gasteiger partial charge in [0.15, 0.2) is 0 Å². The molecule has 3 aromatic rings. The Hall–Kier alpha value is -1.07. The van der Waals surface area contributed by atoms with Gasteiger partial charge in [-0.05, 0) is 5.56 Å². The first-order valence-electron chi connectivity index (χ1n) is 8.56. The average molecular weight is 397 g/mol. The summed E-state index contributed by atoms with van der Waals surface area (Å²) in [6, 6.07) is 23.4. The van der Waals surface area contributed by atoms with Gasteiger partial charge >= 0.3 is 26.2 Å². The summed E-state index contributed by atoms with van der Waals surface area (Å²) in [6.45, 7) is 11.4. The number of rotatable bonds is 3. The molecule has 0 unspecified atom stereocenters. The van der Waals surface area contributed by atoms with Crippen molar-refractivity contribution in [1.82, 2.24) is 0 Å². The summed E-state index contributed by atoms with van der Waals surface area (Å²) in [7, 11) is 0. The Morgan fingerprint density at radius 1 is 0.792 bits per heavy atom. The van der Waals surface area contributed by atoms with Gasteiger partial charge in [0.05, 0.1) is 0 Å². The third kappa shape index (κ3) is 7.67. The molecule has 24 heavy (non-hydrogen) atoms. The minimum atomic E-state index is 0. The standard InChI is InChI=1S/C15H11.2C4H9.Zr/c1-2-6-12(7-3-1)14-10-4-8-13-9-5-11-15(13)14;2*1-3-4-2;/h1-11H;2*1,3-4H2,2H3;/q3*-1;+3. The van der Waals surface area contributed by atoms with Crippen LogP contribution in [0.2, 0.25) is 0 Å². The third-order valence-corrected chi connectivity index (χ3v) is 3.47. The van der Waals surface area contributed by atoms with Crippen molar-refractivity contribution < 1.29 is 26.2 Å². The predicted octanol–water partition coefficient (Wildman–Crippen LogP) is 7.46. The van der Waals surface area contributed by atoms with Crippen molar-refractivity contribution in [2.45, 2.75) is 39.5 Å². The van der Waals surface area contributed by atoms with E-state index in [9.17, 15) is 0 Å². The van der Waals surface area contributed by atoms with E-state index in [1.807, 2.05) is 0 Å². The summed E-state index contributed by atoms with van der Waals surface area (Å²) >= 11 is 0. The van der Waals surface area contributed by atoms with Crippen LogP contribution in [0.3, 0.4) is 0 Å². The van der Waals surface area contributed by atoms with E-state index in [0.29, 0.717) is 0 Å². The number of benzene rings is 2. The van der Waals surface area contributed by atoms with Crippen molar-refractivity contribution in [3.8, 4) is 11.1 Å². The second-order valence-corrected chi connectivity index (χ2v) is 5.41. The first-order chi connectivity index (χ1) is 11.3. The number of unbranched alkanes of at least 4 members (excludes halogenated alkanes) is 2. The van der Waals surface area contributed by atoms with Gasteiger partial charge in [-0.2, -0.15) is 25.0 Å². The molecular weight excluding hydrogens is 367 g/mol. The molecule has 0 atom stereocenters. The van der Waals surface area contributed by atoms with E-state index in [2.05, 4.69) is 94.4 Å². The van der Waals surface area contributed by atoms with Crippen molar-refractivity contribution in [3.63, 3.8) is 0 Å². The van der Waals surface area contributed by atoms with Crippen LogP contribution in [-0.4, -0.2) is 0 Å². The number of fused-ring (bicyclic) bond motifs is 1. The van der Waals surface area contributed by atoms with Crippen LogP contribution in [0, 0.1) is 13.8 Å². The Labute approximate surface area is 167 Å². The van der Waals surface area contributed by atoms with Gasteiger partial charge in [0, 0.05) is 0 Å². The molecule has 125 valence electrons. The monoisotopic (exact) mass is 395 g/mol. The molecule has 0 N–H and O–H groups in total. The smallest absolute Gasteiger partial charge is 0.343 e. The van der Waals surface area contributed by atoms with Crippen molar-refractivity contribution in [3.05, 3.63) is 80.6 Å². The Morgan fingerprint density at radius 3 is 1.92 bits per heavy atom. The van der Waals surface area contributed by atoms with E-state index in [1.54, 1.807) is 0 Å². The molecule has 0 aliphatic carbocycles. The first-order valence-corrected chi connectivity index (χ1v) is 8.56. The van der Waals surface area contributed by atoms with Gasteiger partial charge in [-0.3, -0.25) is 0 Å². The average Bonchev–Trinajstić information content (AvgIpc) is 3.11. The van der Waals surface area contributed by atoms with E-state index in [4.69, 9.17) is 0 Å². The zero-order chi connectivity index (χ0) is 16.9. The molecule has 0 fully saturated rings. The van der Waals surface area contributed by atoms with Crippen LogP contribution in [0.1, 0.15) is 39.5 Å². The van der Waals surface area contributed by atoms with Crippen molar-refractivity contribution in [2.75, 3.05) is 0 Å². The van der Waals surface area contributed by atoms with Crippen molar-refractivity contribution in [1.29, 1.82) is 0 Å². The maximum Gasteiger partial charge on any atom is 3.00 e. The minimum Gasteiger partial charge on any atom is -0.343 e. The van der Waals surface area contributed by atoms with E-state index in [-0.39, 0.29) is 26.2 Å². The Kier molecular flexibility index (Phi) is 13.7. The SMILES string of the molecule is [CH2-]CCC.[CH2-]CCC.[Zr+3].c1ccc(-c2cccc3[cH-]ccc23)cc1. The van der Waals surface area contributed by atoms with Gasteiger partial charge < -0.3 is 13.8 Å². The van der Waals surface area contributed by atoms with E-state index in [1.165, 1.54) is 34.7 Å². The maximum atomic E-state index is 3.60. The largest absolute Gasteiger partial charge is 3.00 e. The van der Waals surface area contributed by atoms with Gasteiger partial charge in [0.2, 0.25) is 0 Å². The van der Waals surface area contributed by atoms with Gasteiger partial charge in [0.25, 0.3) is 0 Å². The van der Waals surface area contributed by atoms with Gasteiger partial charge in [-0.1, -0.05) is 68.7 Å². The van der Waals surface area contributed by atoms with Crippen LogP contribution in [0.15, 0.2) is 66.7 Å². The van der Waals surface area contributed by atoms with Crippen LogP contribution >= 0.6 is 0 Å². The fourth-order valence-electron chi connectivity index (χ4n) is 2.03. The molecule has 0 saturated heterocycles. The van der Waals surface area contributed by atoms with Gasteiger partial charge in [-0.25, -0.2) is 0 Å². The third-order valence-electron chi connectivity index (χ3n) is 3.47. The molecule has 0 saturated carbocycles. The van der Waals surface area contributed by atoms with E-state index >= 15 is 0 Å². The molecule has 0 aliphatic heterocycles. The number of hydrogen-bond acceptors (Lipinski definition) is 0. The molecule has 1 heteroatoms. The Morgan fingerprint density at radius 2 is 1.38 bits per heavy atom.